The third-order valence-electron chi connectivity index (χ3n) is 5.73. The number of benzene rings is 2. The summed E-state index contributed by atoms with van der Waals surface area (Å²) in [6.07, 6.45) is -0.631. The Morgan fingerprint density at radius 2 is 1.81 bits per heavy atom. The van der Waals surface area contributed by atoms with Gasteiger partial charge in [0.1, 0.15) is 11.6 Å². The van der Waals surface area contributed by atoms with E-state index in [-0.39, 0.29) is 17.9 Å². The Kier molecular flexibility index (Phi) is 6.36. The summed E-state index contributed by atoms with van der Waals surface area (Å²) in [5.74, 6) is -0.161. The first-order chi connectivity index (χ1) is 17.3. The van der Waals surface area contributed by atoms with Gasteiger partial charge in [0.2, 0.25) is 0 Å². The van der Waals surface area contributed by atoms with Crippen LogP contribution in [0.15, 0.2) is 82.9 Å². The van der Waals surface area contributed by atoms with Crippen LogP contribution in [-0.2, 0) is 19.1 Å². The number of hydrogen-bond acceptors (Lipinski definition) is 4. The second-order valence-corrected chi connectivity index (χ2v) is 8.98. The Bertz CT molecular complexity index is 1470. The number of aromatic nitrogens is 2. The normalized spacial score (nSPS) is 11.8. The molecule has 0 aliphatic heterocycles. The van der Waals surface area contributed by atoms with Crippen LogP contribution in [0.3, 0.4) is 0 Å². The van der Waals surface area contributed by atoms with E-state index in [1.54, 1.807) is 29.2 Å². The molecule has 0 spiro atoms. The Morgan fingerprint density at radius 3 is 2.47 bits per heavy atom. The summed E-state index contributed by atoms with van der Waals surface area (Å²) in [7, 11) is 0. The molecule has 10 heteroatoms. The summed E-state index contributed by atoms with van der Waals surface area (Å²) in [4.78, 5) is 20.1. The van der Waals surface area contributed by atoms with Crippen molar-refractivity contribution in [2.45, 2.75) is 19.1 Å². The minimum Gasteiger partial charge on any atom is -0.467 e. The van der Waals surface area contributed by atoms with Gasteiger partial charge < -0.3 is 9.32 Å². The molecule has 0 aliphatic rings. The van der Waals surface area contributed by atoms with Crippen molar-refractivity contribution in [2.24, 2.45) is 0 Å². The number of imidazole rings is 1. The van der Waals surface area contributed by atoms with Crippen LogP contribution in [0.25, 0.3) is 16.2 Å². The van der Waals surface area contributed by atoms with Crippen molar-refractivity contribution in [3.05, 3.63) is 107 Å². The van der Waals surface area contributed by atoms with Gasteiger partial charge in [0, 0.05) is 41.4 Å². The molecule has 1 amide bonds. The zero-order valence-corrected chi connectivity index (χ0v) is 19.5. The summed E-state index contributed by atoms with van der Waals surface area (Å²) in [6, 6.07) is 13.7. The van der Waals surface area contributed by atoms with Gasteiger partial charge in [-0.15, -0.1) is 11.3 Å². The number of fused-ring (bicyclic) bond motifs is 1. The zero-order chi connectivity index (χ0) is 25.3. The Balaban J connectivity index is 1.37. The lowest BCUT2D eigenvalue weighted by Gasteiger charge is -2.22. The van der Waals surface area contributed by atoms with Crippen molar-refractivity contribution >= 4 is 22.2 Å². The molecular formula is C26H19F4N3O2S. The molecule has 5 rings (SSSR count). The quantitative estimate of drug-likeness (QED) is 0.228. The van der Waals surface area contributed by atoms with Gasteiger partial charge in [-0.2, -0.15) is 13.2 Å². The van der Waals surface area contributed by atoms with Gasteiger partial charge in [-0.1, -0.05) is 0 Å². The van der Waals surface area contributed by atoms with E-state index in [1.807, 2.05) is 16.0 Å². The van der Waals surface area contributed by atoms with E-state index >= 15 is 0 Å². The van der Waals surface area contributed by atoms with Crippen molar-refractivity contribution in [1.82, 2.24) is 14.3 Å². The van der Waals surface area contributed by atoms with Crippen LogP contribution in [0.1, 0.15) is 27.4 Å². The lowest BCUT2D eigenvalue weighted by Crippen LogP contribution is -2.32. The predicted octanol–water partition coefficient (Wildman–Crippen LogP) is 6.70. The molecular weight excluding hydrogens is 494 g/mol. The largest absolute Gasteiger partial charge is 0.467 e. The number of alkyl halides is 3. The maximum Gasteiger partial charge on any atom is 0.416 e. The summed E-state index contributed by atoms with van der Waals surface area (Å²) in [6.45, 7) is 0.474. The van der Waals surface area contributed by atoms with Crippen LogP contribution < -0.4 is 0 Å². The summed E-state index contributed by atoms with van der Waals surface area (Å²) < 4.78 is 59.4. The lowest BCUT2D eigenvalue weighted by molar-refractivity contribution is -0.137. The number of carbonyl (C=O) groups is 1. The highest BCUT2D eigenvalue weighted by atomic mass is 32.1. The second-order valence-electron chi connectivity index (χ2n) is 8.14. The predicted molar refractivity (Wildman–Crippen MR) is 127 cm³/mol. The molecule has 0 N–H and O–H groups in total. The molecule has 2 aromatic carbocycles. The maximum absolute atomic E-state index is 13.3. The topological polar surface area (TPSA) is 50.8 Å². The van der Waals surface area contributed by atoms with Gasteiger partial charge >= 0.3 is 6.18 Å². The molecule has 0 bridgehead atoms. The van der Waals surface area contributed by atoms with E-state index < -0.39 is 17.6 Å². The first-order valence-corrected chi connectivity index (χ1v) is 11.9. The lowest BCUT2D eigenvalue weighted by atomic mass is 10.1. The van der Waals surface area contributed by atoms with E-state index in [4.69, 9.17) is 4.42 Å². The van der Waals surface area contributed by atoms with Crippen molar-refractivity contribution in [2.75, 3.05) is 6.54 Å². The van der Waals surface area contributed by atoms with E-state index in [1.165, 1.54) is 41.9 Å². The molecule has 184 valence electrons. The number of nitrogens with zero attached hydrogens (tertiary/aromatic N) is 3. The van der Waals surface area contributed by atoms with Crippen LogP contribution in [0.2, 0.25) is 0 Å². The van der Waals surface area contributed by atoms with Gasteiger partial charge in [-0.25, -0.2) is 9.37 Å². The van der Waals surface area contributed by atoms with Crippen LogP contribution >= 0.6 is 11.3 Å². The monoisotopic (exact) mass is 513 g/mol. The number of hydrogen-bond donors (Lipinski definition) is 0. The smallest absolute Gasteiger partial charge is 0.416 e. The van der Waals surface area contributed by atoms with E-state index in [0.717, 1.165) is 28.4 Å². The second kappa shape index (κ2) is 9.62. The number of halogens is 4. The average Bonchev–Trinajstić information content (AvgIpc) is 3.60. The Hall–Kier alpha value is -3.92. The van der Waals surface area contributed by atoms with Crippen molar-refractivity contribution in [1.29, 1.82) is 0 Å². The highest BCUT2D eigenvalue weighted by molar-refractivity contribution is 7.15. The fourth-order valence-electron chi connectivity index (χ4n) is 3.85. The van der Waals surface area contributed by atoms with Gasteiger partial charge in [-0.3, -0.25) is 9.20 Å². The van der Waals surface area contributed by atoms with E-state index in [0.29, 0.717) is 24.4 Å². The van der Waals surface area contributed by atoms with Crippen LogP contribution in [0.4, 0.5) is 17.6 Å². The minimum atomic E-state index is -4.47. The van der Waals surface area contributed by atoms with Crippen LogP contribution in [0.5, 0.6) is 0 Å². The molecule has 3 aromatic heterocycles. The minimum absolute atomic E-state index is 0.159. The fourth-order valence-corrected chi connectivity index (χ4v) is 4.75. The molecule has 5 aromatic rings. The van der Waals surface area contributed by atoms with E-state index in [2.05, 4.69) is 4.98 Å². The molecule has 0 saturated carbocycles. The van der Waals surface area contributed by atoms with Gasteiger partial charge in [-0.05, 0) is 60.7 Å². The number of rotatable bonds is 7. The maximum atomic E-state index is 13.3. The standard InChI is InChI=1S/C26H19F4N3O2S/c27-20-9-5-17(6-10-20)23-15-33-21(16-36-25(33)31-23)11-12-32(14-22-2-1-13-35-22)24(34)18-3-7-19(8-4-18)26(28,29)30/h1-10,13,15-16H,11-12,14H2. The molecule has 3 heterocycles. The highest BCUT2D eigenvalue weighted by Crippen LogP contribution is 2.29. The van der Waals surface area contributed by atoms with Gasteiger partial charge in [0.05, 0.1) is 24.1 Å². The first-order valence-electron chi connectivity index (χ1n) is 11.0. The van der Waals surface area contributed by atoms with Gasteiger partial charge in [0.15, 0.2) is 4.96 Å². The summed E-state index contributed by atoms with van der Waals surface area (Å²) in [5.41, 5.74) is 1.76. The molecule has 0 aliphatic carbocycles. The Labute approximate surface area is 207 Å². The molecule has 0 radical (unpaired) electrons. The summed E-state index contributed by atoms with van der Waals surface area (Å²) in [5, 5.41) is 1.95. The van der Waals surface area contributed by atoms with E-state index in [9.17, 15) is 22.4 Å². The number of carbonyl (C=O) groups excluding carboxylic acids is 1. The molecule has 5 nitrogen and oxygen atoms in total. The van der Waals surface area contributed by atoms with Crippen LogP contribution in [0, 0.1) is 5.82 Å². The number of furan rings is 1. The van der Waals surface area contributed by atoms with Crippen LogP contribution in [-0.4, -0.2) is 26.7 Å². The zero-order valence-electron chi connectivity index (χ0n) is 18.7. The third-order valence-corrected chi connectivity index (χ3v) is 6.62. The molecule has 36 heavy (non-hydrogen) atoms. The summed E-state index contributed by atoms with van der Waals surface area (Å²) >= 11 is 1.45. The molecule has 0 unspecified atom stereocenters. The molecule has 0 fully saturated rings. The highest BCUT2D eigenvalue weighted by Gasteiger charge is 2.30. The van der Waals surface area contributed by atoms with Gasteiger partial charge in [0.25, 0.3) is 5.91 Å². The Morgan fingerprint density at radius 1 is 1.06 bits per heavy atom. The SMILES string of the molecule is O=C(c1ccc(C(F)(F)F)cc1)N(CCc1csc2nc(-c3ccc(F)cc3)cn12)Cc1ccco1. The molecule has 0 atom stereocenters. The average molecular weight is 514 g/mol. The van der Waals surface area contributed by atoms with Crippen molar-refractivity contribution < 1.29 is 26.8 Å². The van der Waals surface area contributed by atoms with Crippen molar-refractivity contribution in [3.8, 4) is 11.3 Å². The third kappa shape index (κ3) is 5.03. The first kappa shape index (κ1) is 23.8. The van der Waals surface area contributed by atoms with Crippen molar-refractivity contribution in [3.63, 3.8) is 0 Å². The number of amides is 1. The molecule has 0 saturated heterocycles. The number of thiazole rings is 1. The fraction of sp³-hybridized carbons (Fsp3) is 0.154.